The molecule has 1 heterocycles. The Bertz CT molecular complexity index is 600. The van der Waals surface area contributed by atoms with E-state index in [2.05, 4.69) is 0 Å². The van der Waals surface area contributed by atoms with Crippen molar-refractivity contribution in [3.05, 3.63) is 35.9 Å². The van der Waals surface area contributed by atoms with Crippen LogP contribution in [-0.4, -0.2) is 65.0 Å². The average Bonchev–Trinajstić information content (AvgIpc) is 2.81. The number of ether oxygens (including phenoxy) is 2. The summed E-state index contributed by atoms with van der Waals surface area (Å²) in [5.74, 6) is 0. The van der Waals surface area contributed by atoms with Crippen molar-refractivity contribution in [2.24, 2.45) is 0 Å². The van der Waals surface area contributed by atoms with Gasteiger partial charge in [-0.05, 0) is 32.8 Å². The number of benzene rings is 1. The Kier molecular flexibility index (Phi) is 6.85. The molecular formula is C19H28N2O5. The Morgan fingerprint density at radius 2 is 1.85 bits per heavy atom. The summed E-state index contributed by atoms with van der Waals surface area (Å²) in [6.07, 6.45) is -0.328. The third kappa shape index (κ3) is 5.91. The van der Waals surface area contributed by atoms with Gasteiger partial charge in [0.05, 0.1) is 12.6 Å². The predicted molar refractivity (Wildman–Crippen MR) is 96.6 cm³/mol. The van der Waals surface area contributed by atoms with Gasteiger partial charge in [0.15, 0.2) is 0 Å². The van der Waals surface area contributed by atoms with E-state index in [-0.39, 0.29) is 19.8 Å². The second kappa shape index (κ2) is 8.89. The fraction of sp³-hybridized carbons (Fsp3) is 0.579. The number of rotatable bonds is 3. The molecule has 2 rings (SSSR count). The average molecular weight is 364 g/mol. The number of hydrogen-bond acceptors (Lipinski definition) is 5. The summed E-state index contributed by atoms with van der Waals surface area (Å²) in [7, 11) is 0. The second-order valence-electron chi connectivity index (χ2n) is 7.35. The Labute approximate surface area is 154 Å². The first kappa shape index (κ1) is 20.0. The van der Waals surface area contributed by atoms with Gasteiger partial charge in [0.1, 0.15) is 12.2 Å². The van der Waals surface area contributed by atoms with E-state index in [0.29, 0.717) is 19.5 Å². The van der Waals surface area contributed by atoms with Crippen molar-refractivity contribution in [1.82, 2.24) is 9.80 Å². The second-order valence-corrected chi connectivity index (χ2v) is 7.35. The van der Waals surface area contributed by atoms with Gasteiger partial charge >= 0.3 is 12.2 Å². The quantitative estimate of drug-likeness (QED) is 0.892. The molecule has 0 spiro atoms. The highest BCUT2D eigenvalue weighted by Gasteiger charge is 2.32. The molecule has 1 N–H and O–H groups in total. The van der Waals surface area contributed by atoms with Gasteiger partial charge in [0.2, 0.25) is 0 Å². The van der Waals surface area contributed by atoms with E-state index >= 15 is 0 Å². The minimum Gasteiger partial charge on any atom is -0.445 e. The van der Waals surface area contributed by atoms with Crippen molar-refractivity contribution < 1.29 is 24.2 Å². The van der Waals surface area contributed by atoms with Crippen LogP contribution in [0.5, 0.6) is 0 Å². The number of hydrogen-bond donors (Lipinski definition) is 1. The molecule has 0 saturated carbocycles. The molecule has 0 radical (unpaired) electrons. The van der Waals surface area contributed by atoms with Crippen molar-refractivity contribution >= 4 is 12.2 Å². The molecule has 1 atom stereocenters. The zero-order valence-electron chi connectivity index (χ0n) is 15.7. The maximum Gasteiger partial charge on any atom is 0.410 e. The number of aliphatic hydroxyl groups is 1. The first-order valence-electron chi connectivity index (χ1n) is 8.86. The Balaban J connectivity index is 1.97. The van der Waals surface area contributed by atoms with Crippen LogP contribution >= 0.6 is 0 Å². The van der Waals surface area contributed by atoms with Crippen molar-refractivity contribution in [3.63, 3.8) is 0 Å². The van der Waals surface area contributed by atoms with Crippen LogP contribution in [0.2, 0.25) is 0 Å². The van der Waals surface area contributed by atoms with Crippen molar-refractivity contribution in [2.45, 2.75) is 45.4 Å². The zero-order chi connectivity index (χ0) is 19.2. The minimum atomic E-state index is -0.591. The van der Waals surface area contributed by atoms with E-state index in [1.54, 1.807) is 20.8 Å². The standard InChI is InChI=1S/C19H28N2O5/c1-19(2,3)26-17(23)20-10-7-11-21(16(12-20)13-22)18(24)25-14-15-8-5-4-6-9-15/h4-6,8-9,16,22H,7,10-14H2,1-3H3. The van der Waals surface area contributed by atoms with E-state index in [1.165, 1.54) is 9.80 Å². The van der Waals surface area contributed by atoms with E-state index < -0.39 is 23.8 Å². The topological polar surface area (TPSA) is 79.3 Å². The fourth-order valence-corrected chi connectivity index (χ4v) is 2.75. The molecule has 1 aliphatic rings. The molecule has 1 saturated heterocycles. The van der Waals surface area contributed by atoms with Crippen LogP contribution < -0.4 is 0 Å². The summed E-state index contributed by atoms with van der Waals surface area (Å²) in [6, 6.07) is 8.89. The number of amides is 2. The Hall–Kier alpha value is -2.28. The number of aliphatic hydroxyl groups excluding tert-OH is 1. The lowest BCUT2D eigenvalue weighted by atomic mass is 10.2. The summed E-state index contributed by atoms with van der Waals surface area (Å²) < 4.78 is 10.8. The van der Waals surface area contributed by atoms with Gasteiger partial charge < -0.3 is 24.4 Å². The van der Waals surface area contributed by atoms with Gasteiger partial charge in [-0.3, -0.25) is 0 Å². The summed E-state index contributed by atoms with van der Waals surface area (Å²) in [6.45, 7) is 6.43. The molecule has 26 heavy (non-hydrogen) atoms. The molecular weight excluding hydrogens is 336 g/mol. The Morgan fingerprint density at radius 3 is 2.46 bits per heavy atom. The van der Waals surface area contributed by atoms with Crippen LogP contribution in [0.25, 0.3) is 0 Å². The first-order valence-corrected chi connectivity index (χ1v) is 8.86. The third-order valence-electron chi connectivity index (χ3n) is 4.00. The third-order valence-corrected chi connectivity index (χ3v) is 4.00. The normalized spacial score (nSPS) is 18.2. The van der Waals surface area contributed by atoms with E-state index in [0.717, 1.165) is 5.56 Å². The molecule has 0 aliphatic carbocycles. The Morgan fingerprint density at radius 1 is 1.15 bits per heavy atom. The summed E-state index contributed by atoms with van der Waals surface area (Å²) in [5, 5.41) is 9.72. The number of carbonyl (C=O) groups excluding carboxylic acids is 2. The monoisotopic (exact) mass is 364 g/mol. The van der Waals surface area contributed by atoms with Crippen molar-refractivity contribution in [1.29, 1.82) is 0 Å². The lowest BCUT2D eigenvalue weighted by Crippen LogP contribution is -2.48. The van der Waals surface area contributed by atoms with Gasteiger partial charge in [0, 0.05) is 19.6 Å². The fourth-order valence-electron chi connectivity index (χ4n) is 2.75. The molecule has 7 heteroatoms. The molecule has 1 aromatic rings. The lowest BCUT2D eigenvalue weighted by molar-refractivity contribution is 0.0193. The molecule has 1 aromatic carbocycles. The highest BCUT2D eigenvalue weighted by molar-refractivity contribution is 5.70. The van der Waals surface area contributed by atoms with Crippen LogP contribution in [0.1, 0.15) is 32.8 Å². The SMILES string of the molecule is CC(C)(C)OC(=O)N1CCCN(C(=O)OCc2ccccc2)C(CO)C1. The van der Waals surface area contributed by atoms with Crippen molar-refractivity contribution in [3.8, 4) is 0 Å². The maximum absolute atomic E-state index is 12.5. The molecule has 1 aliphatic heterocycles. The van der Waals surface area contributed by atoms with E-state index in [9.17, 15) is 14.7 Å². The summed E-state index contributed by atoms with van der Waals surface area (Å²) in [4.78, 5) is 27.8. The highest BCUT2D eigenvalue weighted by Crippen LogP contribution is 2.16. The van der Waals surface area contributed by atoms with Gasteiger partial charge in [-0.1, -0.05) is 30.3 Å². The van der Waals surface area contributed by atoms with Gasteiger partial charge in [0.25, 0.3) is 0 Å². The molecule has 2 amide bonds. The highest BCUT2D eigenvalue weighted by atomic mass is 16.6. The summed E-state index contributed by atoms with van der Waals surface area (Å²) in [5.41, 5.74) is 0.304. The lowest BCUT2D eigenvalue weighted by Gasteiger charge is -2.30. The van der Waals surface area contributed by atoms with E-state index in [4.69, 9.17) is 9.47 Å². The molecule has 1 fully saturated rings. The van der Waals surface area contributed by atoms with Crippen molar-refractivity contribution in [2.75, 3.05) is 26.2 Å². The van der Waals surface area contributed by atoms with Crippen LogP contribution in [0.15, 0.2) is 30.3 Å². The van der Waals surface area contributed by atoms with E-state index in [1.807, 2.05) is 30.3 Å². The molecule has 0 bridgehead atoms. The number of nitrogens with zero attached hydrogens (tertiary/aromatic N) is 2. The number of carbonyl (C=O) groups is 2. The zero-order valence-corrected chi connectivity index (χ0v) is 15.7. The molecule has 144 valence electrons. The maximum atomic E-state index is 12.5. The van der Waals surface area contributed by atoms with Crippen LogP contribution in [0.3, 0.4) is 0 Å². The largest absolute Gasteiger partial charge is 0.445 e. The van der Waals surface area contributed by atoms with Crippen LogP contribution in [0, 0.1) is 0 Å². The molecule has 7 nitrogen and oxygen atoms in total. The summed E-state index contributed by atoms with van der Waals surface area (Å²) >= 11 is 0. The smallest absolute Gasteiger partial charge is 0.410 e. The van der Waals surface area contributed by atoms with Crippen LogP contribution in [-0.2, 0) is 16.1 Å². The molecule has 0 aromatic heterocycles. The van der Waals surface area contributed by atoms with Gasteiger partial charge in [-0.2, -0.15) is 0 Å². The van der Waals surface area contributed by atoms with Gasteiger partial charge in [-0.25, -0.2) is 9.59 Å². The van der Waals surface area contributed by atoms with Crippen LogP contribution in [0.4, 0.5) is 9.59 Å². The van der Waals surface area contributed by atoms with Gasteiger partial charge in [-0.15, -0.1) is 0 Å². The first-order chi connectivity index (χ1) is 12.3. The molecule has 1 unspecified atom stereocenters. The predicted octanol–water partition coefficient (Wildman–Crippen LogP) is 2.63. The minimum absolute atomic E-state index is 0.171.